The number of sulfonamides is 1. The summed E-state index contributed by atoms with van der Waals surface area (Å²) in [5.41, 5.74) is 2.00. The third-order valence-electron chi connectivity index (χ3n) is 5.97. The summed E-state index contributed by atoms with van der Waals surface area (Å²) in [5.74, 6) is -0.321. The van der Waals surface area contributed by atoms with Gasteiger partial charge in [0.1, 0.15) is 17.2 Å². The van der Waals surface area contributed by atoms with Gasteiger partial charge in [-0.1, -0.05) is 0 Å². The number of piperazine rings is 1. The standard InChI is InChI=1S/C21H22FN7O4S/c1-34(32,33)28-10-8-27(9-11-28)21(31)25-16-12-13(2-3-15(16)22)19-26-18-17-14(4-5-23-18)20(30)24-6-7-29(17)19/h2-5,12H,6-11H2,1H3,(H,24,30)(H,25,31). The summed E-state index contributed by atoms with van der Waals surface area (Å²) in [6, 6.07) is 5.40. The van der Waals surface area contributed by atoms with Crippen LogP contribution in [0.5, 0.6) is 0 Å². The molecule has 0 spiro atoms. The van der Waals surface area contributed by atoms with Crippen molar-refractivity contribution in [2.45, 2.75) is 6.54 Å². The Morgan fingerprint density at radius 3 is 2.65 bits per heavy atom. The number of hydrogen-bond acceptors (Lipinski definition) is 6. The molecule has 5 rings (SSSR count). The fourth-order valence-electron chi connectivity index (χ4n) is 4.23. The second kappa shape index (κ2) is 8.33. The molecule has 0 bridgehead atoms. The number of carbonyl (C=O) groups excluding carboxylic acids is 2. The van der Waals surface area contributed by atoms with Crippen molar-refractivity contribution in [2.24, 2.45) is 0 Å². The number of nitrogens with one attached hydrogen (secondary N) is 2. The first-order chi connectivity index (χ1) is 16.2. The molecule has 11 nitrogen and oxygen atoms in total. The maximum absolute atomic E-state index is 14.6. The van der Waals surface area contributed by atoms with Gasteiger partial charge in [0, 0.05) is 51.0 Å². The number of anilines is 1. The number of halogens is 1. The Hall–Kier alpha value is -3.58. The van der Waals surface area contributed by atoms with Crippen LogP contribution in [-0.4, -0.2) is 83.1 Å². The number of hydrogen-bond donors (Lipinski definition) is 2. The molecule has 1 aromatic carbocycles. The lowest BCUT2D eigenvalue weighted by Gasteiger charge is -2.33. The monoisotopic (exact) mass is 487 g/mol. The predicted molar refractivity (Wildman–Crippen MR) is 122 cm³/mol. The molecular weight excluding hydrogens is 465 g/mol. The number of rotatable bonds is 3. The van der Waals surface area contributed by atoms with Crippen LogP contribution >= 0.6 is 0 Å². The lowest BCUT2D eigenvalue weighted by Crippen LogP contribution is -2.51. The van der Waals surface area contributed by atoms with Crippen LogP contribution in [0.3, 0.4) is 0 Å². The minimum atomic E-state index is -3.32. The topological polar surface area (TPSA) is 130 Å². The Labute approximate surface area is 194 Å². The molecule has 0 atom stereocenters. The van der Waals surface area contributed by atoms with E-state index in [1.54, 1.807) is 12.1 Å². The van der Waals surface area contributed by atoms with E-state index < -0.39 is 21.9 Å². The molecule has 2 aromatic heterocycles. The molecule has 178 valence electrons. The van der Waals surface area contributed by atoms with E-state index in [9.17, 15) is 22.4 Å². The SMILES string of the molecule is CS(=O)(=O)N1CCN(C(=O)Nc2cc(-c3nc4nccc5c4n3CCNC5=O)ccc2F)CC1. The van der Waals surface area contributed by atoms with E-state index in [1.807, 2.05) is 4.57 Å². The Kier molecular flexibility index (Phi) is 5.44. The quantitative estimate of drug-likeness (QED) is 0.569. The van der Waals surface area contributed by atoms with E-state index in [2.05, 4.69) is 20.6 Å². The molecule has 4 heterocycles. The van der Waals surface area contributed by atoms with Gasteiger partial charge in [-0.2, -0.15) is 4.31 Å². The first kappa shape index (κ1) is 22.2. The predicted octanol–water partition coefficient (Wildman–Crippen LogP) is 1.09. The number of amides is 3. The highest BCUT2D eigenvalue weighted by molar-refractivity contribution is 7.88. The molecule has 0 unspecified atom stereocenters. The molecule has 0 saturated carbocycles. The Morgan fingerprint density at radius 2 is 1.91 bits per heavy atom. The summed E-state index contributed by atoms with van der Waals surface area (Å²) in [7, 11) is -3.32. The van der Waals surface area contributed by atoms with E-state index >= 15 is 0 Å². The summed E-state index contributed by atoms with van der Waals surface area (Å²) in [5, 5.41) is 5.42. The van der Waals surface area contributed by atoms with Gasteiger partial charge in [0.15, 0.2) is 5.65 Å². The normalized spacial score (nSPS) is 16.9. The number of benzene rings is 1. The largest absolute Gasteiger partial charge is 0.350 e. The average Bonchev–Trinajstić information content (AvgIpc) is 3.09. The second-order valence-corrected chi connectivity index (χ2v) is 10.1. The van der Waals surface area contributed by atoms with Crippen molar-refractivity contribution in [3.63, 3.8) is 0 Å². The number of aromatic nitrogens is 3. The number of imidazole rings is 1. The zero-order chi connectivity index (χ0) is 24.0. The van der Waals surface area contributed by atoms with Crippen LogP contribution in [0.4, 0.5) is 14.9 Å². The van der Waals surface area contributed by atoms with E-state index in [-0.39, 0.29) is 37.8 Å². The van der Waals surface area contributed by atoms with Gasteiger partial charge in [0.05, 0.1) is 17.5 Å². The van der Waals surface area contributed by atoms with Crippen LogP contribution in [0.2, 0.25) is 0 Å². The number of urea groups is 1. The molecule has 1 fully saturated rings. The number of pyridine rings is 1. The van der Waals surface area contributed by atoms with Crippen LogP contribution < -0.4 is 10.6 Å². The first-order valence-corrected chi connectivity index (χ1v) is 12.5. The molecule has 3 aromatic rings. The minimum Gasteiger partial charge on any atom is -0.350 e. The van der Waals surface area contributed by atoms with Crippen LogP contribution in [-0.2, 0) is 16.6 Å². The summed E-state index contributed by atoms with van der Waals surface area (Å²) >= 11 is 0. The average molecular weight is 488 g/mol. The highest BCUT2D eigenvalue weighted by atomic mass is 32.2. The van der Waals surface area contributed by atoms with Gasteiger partial charge in [-0.05, 0) is 24.3 Å². The molecule has 1 saturated heterocycles. The van der Waals surface area contributed by atoms with Crippen LogP contribution in [0.1, 0.15) is 10.4 Å². The molecule has 3 amide bonds. The van der Waals surface area contributed by atoms with Crippen molar-refractivity contribution in [1.29, 1.82) is 0 Å². The number of carbonyl (C=O) groups is 2. The third kappa shape index (κ3) is 3.96. The van der Waals surface area contributed by atoms with Crippen LogP contribution in [0, 0.1) is 5.82 Å². The molecule has 2 N–H and O–H groups in total. The molecule has 2 aliphatic heterocycles. The Morgan fingerprint density at radius 1 is 1.15 bits per heavy atom. The lowest BCUT2D eigenvalue weighted by atomic mass is 10.1. The molecule has 13 heteroatoms. The number of nitrogens with zero attached hydrogens (tertiary/aromatic N) is 5. The van der Waals surface area contributed by atoms with E-state index in [0.29, 0.717) is 41.2 Å². The Balaban J connectivity index is 1.42. The summed E-state index contributed by atoms with van der Waals surface area (Å²) in [6.07, 6.45) is 2.64. The van der Waals surface area contributed by atoms with Crippen LogP contribution in [0.25, 0.3) is 22.6 Å². The highest BCUT2D eigenvalue weighted by Crippen LogP contribution is 2.30. The van der Waals surface area contributed by atoms with Crippen molar-refractivity contribution in [3.8, 4) is 11.4 Å². The third-order valence-corrected chi connectivity index (χ3v) is 7.27. The maximum Gasteiger partial charge on any atom is 0.322 e. The molecule has 0 aliphatic carbocycles. The van der Waals surface area contributed by atoms with Gasteiger partial charge in [-0.15, -0.1) is 0 Å². The van der Waals surface area contributed by atoms with Gasteiger partial charge < -0.3 is 20.1 Å². The fourth-order valence-corrected chi connectivity index (χ4v) is 5.06. The first-order valence-electron chi connectivity index (χ1n) is 10.7. The van der Waals surface area contributed by atoms with Gasteiger partial charge in [-0.3, -0.25) is 4.79 Å². The van der Waals surface area contributed by atoms with Gasteiger partial charge in [0.2, 0.25) is 10.0 Å². The zero-order valence-electron chi connectivity index (χ0n) is 18.3. The van der Waals surface area contributed by atoms with Gasteiger partial charge in [-0.25, -0.2) is 27.6 Å². The van der Waals surface area contributed by atoms with Crippen molar-refractivity contribution >= 4 is 38.8 Å². The smallest absolute Gasteiger partial charge is 0.322 e. The van der Waals surface area contributed by atoms with Crippen molar-refractivity contribution < 1.29 is 22.4 Å². The van der Waals surface area contributed by atoms with E-state index in [1.165, 1.54) is 27.5 Å². The van der Waals surface area contributed by atoms with Crippen molar-refractivity contribution in [1.82, 2.24) is 29.1 Å². The lowest BCUT2D eigenvalue weighted by molar-refractivity contribution is 0.0956. The van der Waals surface area contributed by atoms with Gasteiger partial charge in [0.25, 0.3) is 5.91 Å². The highest BCUT2D eigenvalue weighted by Gasteiger charge is 2.27. The summed E-state index contributed by atoms with van der Waals surface area (Å²) in [6.45, 7) is 1.62. The molecular formula is C21H22FN7O4S. The van der Waals surface area contributed by atoms with E-state index in [0.717, 1.165) is 6.26 Å². The fraction of sp³-hybridized carbons (Fsp3) is 0.333. The zero-order valence-corrected chi connectivity index (χ0v) is 19.1. The minimum absolute atomic E-state index is 0.0242. The second-order valence-electron chi connectivity index (χ2n) is 8.15. The summed E-state index contributed by atoms with van der Waals surface area (Å²) < 4.78 is 41.1. The van der Waals surface area contributed by atoms with E-state index in [4.69, 9.17) is 0 Å². The summed E-state index contributed by atoms with van der Waals surface area (Å²) in [4.78, 5) is 35.4. The maximum atomic E-state index is 14.6. The van der Waals surface area contributed by atoms with Crippen LogP contribution in [0.15, 0.2) is 30.5 Å². The van der Waals surface area contributed by atoms with Gasteiger partial charge >= 0.3 is 6.03 Å². The Bertz CT molecular complexity index is 1410. The van der Waals surface area contributed by atoms with Crippen molar-refractivity contribution in [3.05, 3.63) is 41.8 Å². The molecule has 0 radical (unpaired) electrons. The van der Waals surface area contributed by atoms with Crippen molar-refractivity contribution in [2.75, 3.05) is 44.3 Å². The molecule has 2 aliphatic rings. The molecule has 34 heavy (non-hydrogen) atoms.